The number of hydrogen-bond acceptors (Lipinski definition) is 5. The lowest BCUT2D eigenvalue weighted by atomic mass is 9.99. The fourth-order valence-electron chi connectivity index (χ4n) is 2.16. The van der Waals surface area contributed by atoms with Crippen LogP contribution in [0.3, 0.4) is 0 Å². The van der Waals surface area contributed by atoms with Gasteiger partial charge in [-0.3, -0.25) is 5.41 Å². The van der Waals surface area contributed by atoms with Crippen LogP contribution >= 0.6 is 11.3 Å². The minimum absolute atomic E-state index is 0.461. The summed E-state index contributed by atoms with van der Waals surface area (Å²) in [7, 11) is 0. The summed E-state index contributed by atoms with van der Waals surface area (Å²) < 4.78 is 0. The minimum Gasteiger partial charge on any atom is -0.375 e. The molecule has 1 aromatic carbocycles. The van der Waals surface area contributed by atoms with E-state index in [9.17, 15) is 0 Å². The molecule has 0 aliphatic rings. The van der Waals surface area contributed by atoms with Gasteiger partial charge in [0.15, 0.2) is 5.13 Å². The first-order valence-corrected chi connectivity index (χ1v) is 7.35. The van der Waals surface area contributed by atoms with Crippen LogP contribution in [-0.2, 0) is 0 Å². The predicted octanol–water partition coefficient (Wildman–Crippen LogP) is 3.74. The van der Waals surface area contributed by atoms with Crippen molar-refractivity contribution in [1.82, 2.24) is 9.97 Å². The summed E-state index contributed by atoms with van der Waals surface area (Å²) in [6.07, 6.45) is 1.91. The molecule has 0 aliphatic heterocycles. The number of nitrogens with zero attached hydrogens (tertiary/aromatic N) is 2. The van der Waals surface area contributed by atoms with E-state index in [1.54, 1.807) is 0 Å². The van der Waals surface area contributed by atoms with Crippen molar-refractivity contribution >= 4 is 38.1 Å². The van der Waals surface area contributed by atoms with Crippen LogP contribution < -0.4 is 5.73 Å². The second-order valence-corrected chi connectivity index (χ2v) is 5.53. The van der Waals surface area contributed by atoms with Crippen LogP contribution in [0, 0.1) is 5.41 Å². The van der Waals surface area contributed by atoms with Gasteiger partial charge in [-0.1, -0.05) is 47.7 Å². The summed E-state index contributed by atoms with van der Waals surface area (Å²) in [5.74, 6) is 0. The van der Waals surface area contributed by atoms with E-state index < -0.39 is 0 Å². The van der Waals surface area contributed by atoms with E-state index in [-0.39, 0.29) is 0 Å². The summed E-state index contributed by atoms with van der Waals surface area (Å²) in [6.45, 7) is 1.92. The molecule has 0 fully saturated rings. The van der Waals surface area contributed by atoms with Gasteiger partial charge in [0.2, 0.25) is 0 Å². The number of nitrogens with two attached hydrogens (primary N) is 1. The Bertz CT molecular complexity index is 834. The maximum Gasteiger partial charge on any atom is 0.182 e. The molecule has 4 nitrogen and oxygen atoms in total. The molecule has 3 aromatic rings. The Morgan fingerprint density at radius 1 is 1.14 bits per heavy atom. The van der Waals surface area contributed by atoms with Gasteiger partial charge in [0.05, 0.1) is 11.4 Å². The van der Waals surface area contributed by atoms with Crippen molar-refractivity contribution in [1.29, 1.82) is 5.41 Å². The van der Waals surface area contributed by atoms with Crippen molar-refractivity contribution < 1.29 is 0 Å². The third-order valence-corrected chi connectivity index (χ3v) is 3.96. The van der Waals surface area contributed by atoms with E-state index in [1.807, 2.05) is 55.5 Å². The van der Waals surface area contributed by atoms with Crippen LogP contribution in [0.2, 0.25) is 0 Å². The average molecular weight is 294 g/mol. The van der Waals surface area contributed by atoms with Crippen LogP contribution in [0.5, 0.6) is 0 Å². The van der Waals surface area contributed by atoms with E-state index in [1.165, 1.54) is 11.3 Å². The predicted molar refractivity (Wildman–Crippen MR) is 88.7 cm³/mol. The molecule has 3 N–H and O–H groups in total. The number of hydrogen-bond donors (Lipinski definition) is 2. The lowest BCUT2D eigenvalue weighted by Crippen LogP contribution is -2.04. The van der Waals surface area contributed by atoms with Gasteiger partial charge in [-0.15, -0.1) is 0 Å². The van der Waals surface area contributed by atoms with Crippen molar-refractivity contribution in [3.8, 4) is 0 Å². The summed E-state index contributed by atoms with van der Waals surface area (Å²) in [5, 5.41) is 8.90. The summed E-state index contributed by atoms with van der Waals surface area (Å²) in [4.78, 5) is 9.58. The second-order valence-electron chi connectivity index (χ2n) is 4.52. The highest BCUT2D eigenvalue weighted by Crippen LogP contribution is 2.25. The zero-order chi connectivity index (χ0) is 14.8. The van der Waals surface area contributed by atoms with E-state index in [0.717, 1.165) is 27.2 Å². The molecule has 0 saturated heterocycles. The van der Waals surface area contributed by atoms with Crippen molar-refractivity contribution in [3.63, 3.8) is 0 Å². The van der Waals surface area contributed by atoms with Gasteiger partial charge in [-0.2, -0.15) is 0 Å². The normalized spacial score (nSPS) is 11.8. The SMILES string of the molecule is C/C=C(\C(=N)c1ccccc1)c1ccc2nc(N)sc2n1. The molecule has 5 heteroatoms. The first-order chi connectivity index (χ1) is 10.2. The molecule has 0 unspecified atom stereocenters. The maximum absolute atomic E-state index is 8.39. The van der Waals surface area contributed by atoms with Gasteiger partial charge >= 0.3 is 0 Å². The molecule has 0 aliphatic carbocycles. The zero-order valence-corrected chi connectivity index (χ0v) is 12.3. The van der Waals surface area contributed by atoms with Crippen LogP contribution in [0.15, 0.2) is 48.5 Å². The highest BCUT2D eigenvalue weighted by atomic mass is 32.1. The molecule has 2 aromatic heterocycles. The lowest BCUT2D eigenvalue weighted by molar-refractivity contribution is 1.35. The first-order valence-electron chi connectivity index (χ1n) is 6.53. The van der Waals surface area contributed by atoms with Gasteiger partial charge in [-0.05, 0) is 19.1 Å². The third-order valence-electron chi connectivity index (χ3n) is 3.17. The van der Waals surface area contributed by atoms with Gasteiger partial charge in [0, 0.05) is 11.1 Å². The first kappa shape index (κ1) is 13.5. The van der Waals surface area contributed by atoms with E-state index in [4.69, 9.17) is 11.1 Å². The fraction of sp³-hybridized carbons (Fsp3) is 0.0625. The standard InChI is InChI=1S/C16H14N4S/c1-2-11(14(17)10-6-4-3-5-7-10)12-8-9-13-15(19-12)21-16(18)20-13/h2-9,17H,1H3,(H2,18,20)/b11-2-,17-14?. The van der Waals surface area contributed by atoms with Crippen LogP contribution in [0.4, 0.5) is 5.13 Å². The number of nitrogen functional groups attached to an aromatic ring is 1. The van der Waals surface area contributed by atoms with Gasteiger partial charge in [-0.25, -0.2) is 9.97 Å². The van der Waals surface area contributed by atoms with E-state index in [0.29, 0.717) is 10.8 Å². The molecule has 0 bridgehead atoms. The molecule has 2 heterocycles. The lowest BCUT2D eigenvalue weighted by Gasteiger charge is -2.08. The van der Waals surface area contributed by atoms with Gasteiger partial charge < -0.3 is 5.73 Å². The summed E-state index contributed by atoms with van der Waals surface area (Å²) >= 11 is 1.36. The Labute approximate surface area is 126 Å². The summed E-state index contributed by atoms with van der Waals surface area (Å²) in [5.41, 5.74) is 9.40. The Morgan fingerprint density at radius 2 is 1.90 bits per heavy atom. The highest BCUT2D eigenvalue weighted by molar-refractivity contribution is 7.21. The largest absolute Gasteiger partial charge is 0.375 e. The Kier molecular flexibility index (Phi) is 3.50. The number of allylic oxidation sites excluding steroid dienone is 2. The number of benzene rings is 1. The Morgan fingerprint density at radius 3 is 2.62 bits per heavy atom. The van der Waals surface area contributed by atoms with Crippen LogP contribution in [0.25, 0.3) is 15.9 Å². The van der Waals surface area contributed by atoms with Crippen molar-refractivity contribution in [3.05, 3.63) is 59.8 Å². The number of thiazole rings is 1. The smallest absolute Gasteiger partial charge is 0.182 e. The topological polar surface area (TPSA) is 75.7 Å². The number of pyridine rings is 1. The minimum atomic E-state index is 0.461. The van der Waals surface area contributed by atoms with Crippen molar-refractivity contribution in [2.75, 3.05) is 5.73 Å². The maximum atomic E-state index is 8.39. The third kappa shape index (κ3) is 2.55. The highest BCUT2D eigenvalue weighted by Gasteiger charge is 2.12. The molecule has 104 valence electrons. The van der Waals surface area contributed by atoms with Crippen molar-refractivity contribution in [2.45, 2.75) is 6.92 Å². The number of anilines is 1. The number of rotatable bonds is 3. The molecule has 0 spiro atoms. The van der Waals surface area contributed by atoms with Crippen LogP contribution in [0.1, 0.15) is 18.2 Å². The molecule has 0 amide bonds. The quantitative estimate of drug-likeness (QED) is 0.722. The van der Waals surface area contributed by atoms with Gasteiger partial charge in [0.25, 0.3) is 0 Å². The summed E-state index contributed by atoms with van der Waals surface area (Å²) in [6, 6.07) is 13.4. The average Bonchev–Trinajstić information content (AvgIpc) is 2.88. The Hall–Kier alpha value is -2.53. The molecular weight excluding hydrogens is 280 g/mol. The molecule has 21 heavy (non-hydrogen) atoms. The zero-order valence-electron chi connectivity index (χ0n) is 11.5. The van der Waals surface area contributed by atoms with Crippen LogP contribution in [-0.4, -0.2) is 15.7 Å². The fourth-order valence-corrected chi connectivity index (χ4v) is 2.87. The molecule has 0 radical (unpaired) electrons. The Balaban J connectivity index is 2.04. The number of aromatic nitrogens is 2. The monoisotopic (exact) mass is 294 g/mol. The van der Waals surface area contributed by atoms with E-state index >= 15 is 0 Å². The molecule has 3 rings (SSSR count). The van der Waals surface area contributed by atoms with Crippen molar-refractivity contribution in [2.24, 2.45) is 0 Å². The number of nitrogens with one attached hydrogen (secondary N) is 1. The molecule has 0 saturated carbocycles. The van der Waals surface area contributed by atoms with Gasteiger partial charge in [0.1, 0.15) is 10.3 Å². The molecule has 0 atom stereocenters. The molecular formula is C16H14N4S. The van der Waals surface area contributed by atoms with E-state index in [2.05, 4.69) is 9.97 Å². The number of fused-ring (bicyclic) bond motifs is 1. The second kappa shape index (κ2) is 5.46.